The van der Waals surface area contributed by atoms with Crippen LogP contribution in [0.2, 0.25) is 0 Å². The number of nitrogens with one attached hydrogen (secondary N) is 1. The van der Waals surface area contributed by atoms with Crippen LogP contribution in [0.25, 0.3) is 99.8 Å². The Hall–Kier alpha value is -7.05. The summed E-state index contributed by atoms with van der Waals surface area (Å²) in [7, 11) is 0. The second kappa shape index (κ2) is 10.7. The highest BCUT2D eigenvalue weighted by Crippen LogP contribution is 2.45. The van der Waals surface area contributed by atoms with Gasteiger partial charge in [0.2, 0.25) is 5.95 Å². The first-order chi connectivity index (χ1) is 25.3. The molecule has 0 saturated heterocycles. The van der Waals surface area contributed by atoms with E-state index in [9.17, 15) is 0 Å². The van der Waals surface area contributed by atoms with Gasteiger partial charge in [-0.05, 0) is 48.5 Å². The van der Waals surface area contributed by atoms with E-state index >= 15 is 0 Å². The molecule has 51 heavy (non-hydrogen) atoms. The highest BCUT2D eigenvalue weighted by Gasteiger charge is 2.24. The van der Waals surface area contributed by atoms with E-state index in [1.165, 1.54) is 26.9 Å². The lowest BCUT2D eigenvalue weighted by Crippen LogP contribution is -2.06. The SMILES string of the molecule is c1ccc(-c2nc(-c3ccccc3)nc(-n3c4ccccc4c4c5c6c7c(ccc6n(-c6ccccc6)c5ccc43)[nH]c3ccccc37)n2)cc1. The van der Waals surface area contributed by atoms with Crippen LogP contribution in [0, 0.1) is 0 Å². The van der Waals surface area contributed by atoms with Crippen molar-refractivity contribution in [2.75, 3.05) is 0 Å². The van der Waals surface area contributed by atoms with Crippen molar-refractivity contribution in [3.8, 4) is 34.4 Å². The van der Waals surface area contributed by atoms with Gasteiger partial charge < -0.3 is 9.55 Å². The fourth-order valence-electron chi connectivity index (χ4n) is 7.96. The minimum absolute atomic E-state index is 0.581. The van der Waals surface area contributed by atoms with Crippen LogP contribution in [0.5, 0.6) is 0 Å². The van der Waals surface area contributed by atoms with Gasteiger partial charge in [0.15, 0.2) is 11.6 Å². The molecule has 0 aliphatic carbocycles. The van der Waals surface area contributed by atoms with Crippen molar-refractivity contribution in [1.82, 2.24) is 29.1 Å². The number of fused-ring (bicyclic) bond motifs is 11. The number of para-hydroxylation sites is 3. The van der Waals surface area contributed by atoms with Crippen LogP contribution in [0.4, 0.5) is 0 Å². The van der Waals surface area contributed by atoms with Crippen molar-refractivity contribution >= 4 is 65.4 Å². The topological polar surface area (TPSA) is 64.3 Å². The minimum Gasteiger partial charge on any atom is -0.354 e. The lowest BCUT2D eigenvalue weighted by atomic mass is 10.0. The molecule has 11 aromatic rings. The largest absolute Gasteiger partial charge is 0.354 e. The molecule has 0 spiro atoms. The lowest BCUT2D eigenvalue weighted by molar-refractivity contribution is 0.953. The molecular formula is C45H28N6. The van der Waals surface area contributed by atoms with Crippen LogP contribution < -0.4 is 0 Å². The summed E-state index contributed by atoms with van der Waals surface area (Å²) >= 11 is 0. The number of nitrogens with zero attached hydrogens (tertiary/aromatic N) is 5. The number of aromatic amines is 1. The highest BCUT2D eigenvalue weighted by molar-refractivity contribution is 6.36. The van der Waals surface area contributed by atoms with E-state index in [1.54, 1.807) is 0 Å². The maximum absolute atomic E-state index is 5.18. The van der Waals surface area contributed by atoms with Crippen molar-refractivity contribution in [2.24, 2.45) is 0 Å². The molecule has 238 valence electrons. The maximum Gasteiger partial charge on any atom is 0.238 e. The predicted octanol–water partition coefficient (Wildman–Crippen LogP) is 11.0. The van der Waals surface area contributed by atoms with Crippen LogP contribution in [0.15, 0.2) is 164 Å². The molecule has 0 aliphatic heterocycles. The van der Waals surface area contributed by atoms with Gasteiger partial charge in [0.05, 0.1) is 22.1 Å². The van der Waals surface area contributed by atoms with E-state index in [0.29, 0.717) is 17.6 Å². The molecule has 0 radical (unpaired) electrons. The Bertz CT molecular complexity index is 3060. The third-order valence-corrected chi connectivity index (χ3v) is 10.1. The molecule has 0 bridgehead atoms. The van der Waals surface area contributed by atoms with E-state index in [0.717, 1.165) is 55.3 Å². The van der Waals surface area contributed by atoms with Crippen molar-refractivity contribution < 1.29 is 0 Å². The lowest BCUT2D eigenvalue weighted by Gasteiger charge is -2.11. The maximum atomic E-state index is 5.18. The van der Waals surface area contributed by atoms with Gasteiger partial charge in [-0.1, -0.05) is 115 Å². The van der Waals surface area contributed by atoms with E-state index in [2.05, 4.69) is 117 Å². The number of H-pyrrole nitrogens is 1. The van der Waals surface area contributed by atoms with Crippen LogP contribution in [-0.2, 0) is 0 Å². The van der Waals surface area contributed by atoms with Gasteiger partial charge in [-0.3, -0.25) is 4.57 Å². The average Bonchev–Trinajstić information content (AvgIpc) is 3.86. The zero-order valence-corrected chi connectivity index (χ0v) is 27.3. The van der Waals surface area contributed by atoms with Crippen molar-refractivity contribution in [1.29, 1.82) is 0 Å². The molecule has 0 fully saturated rings. The average molecular weight is 653 g/mol. The molecule has 1 N–H and O–H groups in total. The number of rotatable bonds is 4. The molecular weight excluding hydrogens is 625 g/mol. The summed E-state index contributed by atoms with van der Waals surface area (Å²) in [5.74, 6) is 1.84. The fraction of sp³-hybridized carbons (Fsp3) is 0. The third kappa shape index (κ3) is 4.07. The summed E-state index contributed by atoms with van der Waals surface area (Å²) < 4.78 is 4.62. The van der Waals surface area contributed by atoms with Gasteiger partial charge in [0.1, 0.15) is 0 Å². The summed E-state index contributed by atoms with van der Waals surface area (Å²) in [5, 5.41) is 7.18. The van der Waals surface area contributed by atoms with Gasteiger partial charge in [0.25, 0.3) is 0 Å². The second-order valence-corrected chi connectivity index (χ2v) is 12.9. The summed E-state index contributed by atoms with van der Waals surface area (Å²) in [6, 6.07) is 57.2. The van der Waals surface area contributed by atoms with Crippen LogP contribution in [-0.4, -0.2) is 29.1 Å². The summed E-state index contributed by atoms with van der Waals surface area (Å²) in [5.41, 5.74) is 9.63. The first-order valence-corrected chi connectivity index (χ1v) is 17.1. The van der Waals surface area contributed by atoms with Crippen molar-refractivity contribution in [3.63, 3.8) is 0 Å². The second-order valence-electron chi connectivity index (χ2n) is 12.9. The molecule has 0 atom stereocenters. The van der Waals surface area contributed by atoms with Gasteiger partial charge in [-0.2, -0.15) is 9.97 Å². The number of aromatic nitrogens is 6. The quantitative estimate of drug-likeness (QED) is 0.206. The van der Waals surface area contributed by atoms with Gasteiger partial charge in [-0.25, -0.2) is 4.98 Å². The van der Waals surface area contributed by atoms with E-state index in [1.807, 2.05) is 60.7 Å². The van der Waals surface area contributed by atoms with Crippen molar-refractivity contribution in [3.05, 3.63) is 164 Å². The monoisotopic (exact) mass is 652 g/mol. The minimum atomic E-state index is 0.581. The Labute approximate surface area is 291 Å². The third-order valence-electron chi connectivity index (χ3n) is 10.1. The van der Waals surface area contributed by atoms with E-state index in [4.69, 9.17) is 15.0 Å². The molecule has 11 rings (SSSR count). The van der Waals surface area contributed by atoms with Gasteiger partial charge >= 0.3 is 0 Å². The highest BCUT2D eigenvalue weighted by atomic mass is 15.2. The van der Waals surface area contributed by atoms with Gasteiger partial charge in [-0.15, -0.1) is 0 Å². The molecule has 4 heterocycles. The number of benzene rings is 7. The van der Waals surface area contributed by atoms with Crippen LogP contribution >= 0.6 is 0 Å². The molecule has 0 aliphatic rings. The Morgan fingerprint density at radius 2 is 0.882 bits per heavy atom. The number of hydrogen-bond donors (Lipinski definition) is 1. The fourth-order valence-corrected chi connectivity index (χ4v) is 7.96. The first kappa shape index (κ1) is 27.9. The van der Waals surface area contributed by atoms with Crippen LogP contribution in [0.1, 0.15) is 0 Å². The molecule has 0 unspecified atom stereocenters. The molecule has 6 heteroatoms. The Morgan fingerprint density at radius 3 is 1.57 bits per heavy atom. The molecule has 4 aromatic heterocycles. The molecule has 7 aromatic carbocycles. The molecule has 6 nitrogen and oxygen atoms in total. The summed E-state index contributed by atoms with van der Waals surface area (Å²) in [6.45, 7) is 0. The molecule has 0 saturated carbocycles. The Morgan fingerprint density at radius 1 is 0.353 bits per heavy atom. The predicted molar refractivity (Wildman–Crippen MR) is 209 cm³/mol. The smallest absolute Gasteiger partial charge is 0.238 e. The summed E-state index contributed by atoms with van der Waals surface area (Å²) in [4.78, 5) is 19.0. The normalized spacial score (nSPS) is 11.9. The zero-order valence-electron chi connectivity index (χ0n) is 27.3. The Balaban J connectivity index is 1.32. The molecule has 0 amide bonds. The van der Waals surface area contributed by atoms with Crippen molar-refractivity contribution in [2.45, 2.75) is 0 Å². The summed E-state index contributed by atoms with van der Waals surface area (Å²) in [6.07, 6.45) is 0. The standard InChI is InChI=1S/C45H28N6/c1-4-14-28(15-5-1)43-47-44(29-16-6-2-7-17-29)49-45(48-43)51-35-23-13-11-21-32(35)40-36(51)26-27-38-42(40)41-37(50(38)30-18-8-3-9-19-30)25-24-34-39(41)31-20-10-12-22-33(31)46-34/h1-27,46H. The number of hydrogen-bond acceptors (Lipinski definition) is 3. The zero-order chi connectivity index (χ0) is 33.5. The van der Waals surface area contributed by atoms with E-state index < -0.39 is 0 Å². The van der Waals surface area contributed by atoms with Crippen LogP contribution in [0.3, 0.4) is 0 Å². The van der Waals surface area contributed by atoms with Gasteiger partial charge in [0, 0.05) is 60.2 Å². The first-order valence-electron chi connectivity index (χ1n) is 17.1. The Kier molecular flexibility index (Phi) is 5.86. The van der Waals surface area contributed by atoms with E-state index in [-0.39, 0.29) is 0 Å².